The van der Waals surface area contributed by atoms with Gasteiger partial charge >= 0.3 is 5.88 Å². The first kappa shape index (κ1) is 12.6. The maximum Gasteiger partial charge on any atom is 0.433 e. The molecule has 0 saturated carbocycles. The lowest BCUT2D eigenvalue weighted by atomic mass is 10.1. The van der Waals surface area contributed by atoms with Crippen molar-refractivity contribution in [1.82, 2.24) is 0 Å². The predicted molar refractivity (Wildman–Crippen MR) is 76.6 cm³/mol. The van der Waals surface area contributed by atoms with E-state index >= 15 is 0 Å². The van der Waals surface area contributed by atoms with E-state index in [1.165, 1.54) is 12.1 Å². The summed E-state index contributed by atoms with van der Waals surface area (Å²) in [6.45, 7) is 0. The molecule has 0 spiro atoms. The number of rotatable bonds is 3. The van der Waals surface area contributed by atoms with Crippen LogP contribution in [0.4, 0.5) is 5.88 Å². The summed E-state index contributed by atoms with van der Waals surface area (Å²) in [6.07, 6.45) is 1.56. The zero-order chi connectivity index (χ0) is 13.1. The Balaban J connectivity index is 2.26. The molecule has 0 saturated heterocycles. The molecule has 0 unspecified atom stereocenters. The van der Waals surface area contributed by atoms with Crippen LogP contribution in [0, 0.1) is 13.7 Å². The third-order valence-corrected chi connectivity index (χ3v) is 2.99. The summed E-state index contributed by atoms with van der Waals surface area (Å²) >= 11 is 2.20. The Labute approximate surface area is 117 Å². The average molecular weight is 356 g/mol. The summed E-state index contributed by atoms with van der Waals surface area (Å²) in [7, 11) is 0. The van der Waals surface area contributed by atoms with Gasteiger partial charge in [-0.1, -0.05) is 12.1 Å². The minimum Gasteiger partial charge on any atom is -0.401 e. The number of furan rings is 1. The molecule has 1 heterocycles. The van der Waals surface area contributed by atoms with Crippen LogP contribution in [-0.4, -0.2) is 4.92 Å². The summed E-state index contributed by atoms with van der Waals surface area (Å²) < 4.78 is 6.11. The number of hydrogen-bond donors (Lipinski definition) is 1. The molecule has 0 aliphatic carbocycles. The Kier molecular flexibility index (Phi) is 3.66. The van der Waals surface area contributed by atoms with Crippen LogP contribution in [0.25, 0.3) is 11.8 Å². The normalized spacial score (nSPS) is 11.5. The van der Waals surface area contributed by atoms with Crippen molar-refractivity contribution in [1.29, 1.82) is 0 Å². The Morgan fingerprint density at radius 2 is 1.94 bits per heavy atom. The van der Waals surface area contributed by atoms with Crippen LogP contribution in [0.15, 0.2) is 40.8 Å². The maximum absolute atomic E-state index is 10.5. The van der Waals surface area contributed by atoms with Crippen LogP contribution in [-0.2, 0) is 0 Å². The molecule has 0 bridgehead atoms. The summed E-state index contributed by atoms with van der Waals surface area (Å²) in [5.74, 6) is 0.0643. The van der Waals surface area contributed by atoms with Gasteiger partial charge in [0, 0.05) is 15.3 Å². The standard InChI is InChI=1S/C12H9IN2O3/c13-9-3-1-8(2-4-9)11(14)7-10-5-6-12(18-10)15(16)17/h1-7H,14H2/b11-7+. The van der Waals surface area contributed by atoms with Crippen LogP contribution in [0.2, 0.25) is 0 Å². The number of benzene rings is 1. The van der Waals surface area contributed by atoms with Crippen molar-refractivity contribution in [3.63, 3.8) is 0 Å². The van der Waals surface area contributed by atoms with Gasteiger partial charge in [0.1, 0.15) is 10.7 Å². The highest BCUT2D eigenvalue weighted by Gasteiger charge is 2.10. The molecule has 18 heavy (non-hydrogen) atoms. The van der Waals surface area contributed by atoms with Crippen LogP contribution in [0.1, 0.15) is 11.3 Å². The number of nitrogens with zero attached hydrogens (tertiary/aromatic N) is 1. The second-order valence-corrected chi connectivity index (χ2v) is 4.79. The van der Waals surface area contributed by atoms with E-state index in [0.29, 0.717) is 11.5 Å². The molecule has 1 aromatic heterocycles. The largest absolute Gasteiger partial charge is 0.433 e. The highest BCUT2D eigenvalue weighted by atomic mass is 127. The van der Waals surface area contributed by atoms with Crippen LogP contribution >= 0.6 is 22.6 Å². The number of nitro groups is 1. The number of hydrogen-bond acceptors (Lipinski definition) is 4. The van der Waals surface area contributed by atoms with Gasteiger partial charge in [-0.15, -0.1) is 0 Å². The molecule has 2 aromatic rings. The molecule has 0 amide bonds. The molecule has 0 fully saturated rings. The van der Waals surface area contributed by atoms with E-state index < -0.39 is 4.92 Å². The van der Waals surface area contributed by atoms with Crippen molar-refractivity contribution in [2.45, 2.75) is 0 Å². The SMILES string of the molecule is N/C(=C/c1ccc([N+](=O)[O-])o1)c1ccc(I)cc1. The zero-order valence-corrected chi connectivity index (χ0v) is 11.3. The molecule has 1 aromatic carbocycles. The lowest BCUT2D eigenvalue weighted by molar-refractivity contribution is -0.402. The fourth-order valence-corrected chi connectivity index (χ4v) is 1.76. The minimum absolute atomic E-state index is 0.295. The molecule has 0 aliphatic heterocycles. The van der Waals surface area contributed by atoms with Gasteiger partial charge in [0.2, 0.25) is 0 Å². The minimum atomic E-state index is -0.585. The van der Waals surface area contributed by atoms with Gasteiger partial charge in [0.15, 0.2) is 0 Å². The summed E-state index contributed by atoms with van der Waals surface area (Å²) in [4.78, 5) is 9.88. The van der Waals surface area contributed by atoms with Crippen LogP contribution in [0.5, 0.6) is 0 Å². The summed E-state index contributed by atoms with van der Waals surface area (Å²) in [5, 5.41) is 10.5. The van der Waals surface area contributed by atoms with E-state index in [1.54, 1.807) is 6.08 Å². The molecule has 0 aliphatic rings. The van der Waals surface area contributed by atoms with Crippen LogP contribution < -0.4 is 5.73 Å². The maximum atomic E-state index is 10.5. The van der Waals surface area contributed by atoms with Crippen molar-refractivity contribution >= 4 is 40.2 Å². The monoisotopic (exact) mass is 356 g/mol. The van der Waals surface area contributed by atoms with Crippen LogP contribution in [0.3, 0.4) is 0 Å². The van der Waals surface area contributed by atoms with Gasteiger partial charge in [0.05, 0.1) is 6.07 Å². The molecular weight excluding hydrogens is 347 g/mol. The van der Waals surface area contributed by atoms with E-state index in [9.17, 15) is 10.1 Å². The molecule has 0 radical (unpaired) electrons. The molecule has 0 atom stereocenters. The second kappa shape index (κ2) is 5.21. The van der Waals surface area contributed by atoms with E-state index in [0.717, 1.165) is 9.13 Å². The van der Waals surface area contributed by atoms with Gasteiger partial charge < -0.3 is 10.2 Å². The third kappa shape index (κ3) is 2.89. The first-order valence-electron chi connectivity index (χ1n) is 5.03. The second-order valence-electron chi connectivity index (χ2n) is 3.54. The average Bonchev–Trinajstić information content (AvgIpc) is 2.78. The smallest absolute Gasteiger partial charge is 0.401 e. The molecule has 6 heteroatoms. The Bertz CT molecular complexity index is 602. The van der Waals surface area contributed by atoms with Gasteiger partial charge in [-0.05, 0) is 46.4 Å². The lowest BCUT2D eigenvalue weighted by Crippen LogP contribution is -1.95. The molecule has 5 nitrogen and oxygen atoms in total. The Morgan fingerprint density at radius 1 is 1.28 bits per heavy atom. The molecule has 2 N–H and O–H groups in total. The topological polar surface area (TPSA) is 82.3 Å². The first-order chi connectivity index (χ1) is 8.56. The zero-order valence-electron chi connectivity index (χ0n) is 9.17. The van der Waals surface area contributed by atoms with Crippen molar-refractivity contribution in [3.8, 4) is 0 Å². The molecule has 2 rings (SSSR count). The van der Waals surface area contributed by atoms with E-state index in [1.807, 2.05) is 24.3 Å². The lowest BCUT2D eigenvalue weighted by Gasteiger charge is -2.00. The van der Waals surface area contributed by atoms with E-state index in [2.05, 4.69) is 22.6 Å². The highest BCUT2D eigenvalue weighted by molar-refractivity contribution is 14.1. The summed E-state index contributed by atoms with van der Waals surface area (Å²) in [6, 6.07) is 10.4. The van der Waals surface area contributed by atoms with Gasteiger partial charge in [-0.2, -0.15) is 0 Å². The Hall–Kier alpha value is -1.83. The third-order valence-electron chi connectivity index (χ3n) is 2.27. The number of halogens is 1. The van der Waals surface area contributed by atoms with Crippen molar-refractivity contribution in [2.24, 2.45) is 5.73 Å². The van der Waals surface area contributed by atoms with Crippen molar-refractivity contribution in [2.75, 3.05) is 0 Å². The van der Waals surface area contributed by atoms with E-state index in [4.69, 9.17) is 10.2 Å². The van der Waals surface area contributed by atoms with Gasteiger partial charge in [-0.25, -0.2) is 0 Å². The van der Waals surface area contributed by atoms with Gasteiger partial charge in [0.25, 0.3) is 0 Å². The quantitative estimate of drug-likeness (QED) is 0.520. The van der Waals surface area contributed by atoms with Crippen molar-refractivity contribution < 1.29 is 9.34 Å². The molecule has 92 valence electrons. The highest BCUT2D eigenvalue weighted by Crippen LogP contribution is 2.20. The van der Waals surface area contributed by atoms with Crippen molar-refractivity contribution in [3.05, 3.63) is 61.4 Å². The first-order valence-corrected chi connectivity index (χ1v) is 6.11. The van der Waals surface area contributed by atoms with E-state index in [-0.39, 0.29) is 5.88 Å². The predicted octanol–water partition coefficient (Wildman–Crippen LogP) is 3.25. The van der Waals surface area contributed by atoms with Gasteiger partial charge in [-0.3, -0.25) is 10.1 Å². The molecular formula is C12H9IN2O3. The number of nitrogens with two attached hydrogens (primary N) is 1. The summed E-state index contributed by atoms with van der Waals surface area (Å²) in [5.41, 5.74) is 7.23. The fourth-order valence-electron chi connectivity index (χ4n) is 1.40. The fraction of sp³-hybridized carbons (Fsp3) is 0. The Morgan fingerprint density at radius 3 is 2.50 bits per heavy atom.